The van der Waals surface area contributed by atoms with Gasteiger partial charge in [-0.25, -0.2) is 0 Å². The Labute approximate surface area is 116 Å². The van der Waals surface area contributed by atoms with Gasteiger partial charge in [-0.1, -0.05) is 35.7 Å². The Hall–Kier alpha value is -0.770. The number of furan rings is 1. The average molecular weight is 314 g/mol. The molecule has 1 aliphatic rings. The third kappa shape index (κ3) is 2.79. The second-order valence-electron chi connectivity index (χ2n) is 5.13. The third-order valence-corrected chi connectivity index (χ3v) is 5.07. The molecule has 1 aromatic heterocycles. The summed E-state index contributed by atoms with van der Waals surface area (Å²) in [4.78, 5) is 12.1. The van der Waals surface area contributed by atoms with Gasteiger partial charge in [-0.3, -0.25) is 4.79 Å². The normalized spacial score (nSPS) is 17.9. The molecule has 1 saturated carbocycles. The van der Waals surface area contributed by atoms with Crippen LogP contribution in [0.5, 0.6) is 0 Å². The van der Waals surface area contributed by atoms with Crippen LogP contribution in [0.25, 0.3) is 0 Å². The van der Waals surface area contributed by atoms with E-state index in [0.717, 1.165) is 24.1 Å². The molecule has 4 heteroatoms. The molecule has 0 atom stereocenters. The summed E-state index contributed by atoms with van der Waals surface area (Å²) in [6, 6.07) is 1.75. The van der Waals surface area contributed by atoms with Gasteiger partial charge in [-0.2, -0.15) is 0 Å². The lowest BCUT2D eigenvalue weighted by molar-refractivity contribution is 0.0933. The van der Waals surface area contributed by atoms with Crippen LogP contribution in [0, 0.1) is 5.41 Å². The zero-order valence-electron chi connectivity index (χ0n) is 10.8. The average Bonchev–Trinajstić information content (AvgIpc) is 3.05. The topological polar surface area (TPSA) is 42.2 Å². The van der Waals surface area contributed by atoms with E-state index in [4.69, 9.17) is 4.42 Å². The third-order valence-electron chi connectivity index (χ3n) is 3.88. The minimum Gasteiger partial charge on any atom is -0.469 e. The van der Waals surface area contributed by atoms with Crippen molar-refractivity contribution in [3.05, 3.63) is 23.7 Å². The molecule has 0 unspecified atom stereocenters. The first kappa shape index (κ1) is 13.7. The highest BCUT2D eigenvalue weighted by Gasteiger charge is 2.33. The van der Waals surface area contributed by atoms with Crippen LogP contribution in [-0.2, 0) is 6.42 Å². The van der Waals surface area contributed by atoms with E-state index in [2.05, 4.69) is 21.2 Å². The molecule has 1 fully saturated rings. The standard InChI is InChI=1S/C14H20BrNO2/c1-2-12-11(5-8-18-12)13(17)16-10-14(9-15)6-3-4-7-14/h5,8H,2-4,6-7,9-10H2,1H3,(H,16,17). The highest BCUT2D eigenvalue weighted by Crippen LogP contribution is 2.39. The monoisotopic (exact) mass is 313 g/mol. The van der Waals surface area contributed by atoms with Crippen molar-refractivity contribution in [1.29, 1.82) is 0 Å². The maximum atomic E-state index is 12.1. The number of carbonyl (C=O) groups excluding carboxylic acids is 1. The van der Waals surface area contributed by atoms with Gasteiger partial charge in [0, 0.05) is 18.3 Å². The number of halogens is 1. The number of hydrogen-bond donors (Lipinski definition) is 1. The van der Waals surface area contributed by atoms with Gasteiger partial charge < -0.3 is 9.73 Å². The van der Waals surface area contributed by atoms with Gasteiger partial charge in [0.1, 0.15) is 5.76 Å². The molecule has 0 aliphatic heterocycles. The van der Waals surface area contributed by atoms with Crippen molar-refractivity contribution >= 4 is 21.8 Å². The van der Waals surface area contributed by atoms with Crippen LogP contribution < -0.4 is 5.32 Å². The molecule has 0 spiro atoms. The molecule has 1 amide bonds. The fourth-order valence-electron chi connectivity index (χ4n) is 2.66. The SMILES string of the molecule is CCc1occc1C(=O)NCC1(CBr)CCCC1. The van der Waals surface area contributed by atoms with Crippen LogP contribution in [0.2, 0.25) is 0 Å². The number of aryl methyl sites for hydroxylation is 1. The summed E-state index contributed by atoms with van der Waals surface area (Å²) in [5.41, 5.74) is 0.936. The van der Waals surface area contributed by atoms with Crippen molar-refractivity contribution in [2.75, 3.05) is 11.9 Å². The predicted octanol–water partition coefficient (Wildman–Crippen LogP) is 3.53. The van der Waals surface area contributed by atoms with Gasteiger partial charge in [0.25, 0.3) is 5.91 Å². The van der Waals surface area contributed by atoms with Gasteiger partial charge in [0.05, 0.1) is 11.8 Å². The van der Waals surface area contributed by atoms with E-state index >= 15 is 0 Å². The maximum absolute atomic E-state index is 12.1. The number of hydrogen-bond acceptors (Lipinski definition) is 2. The molecule has 0 saturated heterocycles. The largest absolute Gasteiger partial charge is 0.469 e. The summed E-state index contributed by atoms with van der Waals surface area (Å²) in [6.45, 7) is 2.75. The summed E-state index contributed by atoms with van der Waals surface area (Å²) in [5, 5.41) is 4.03. The fourth-order valence-corrected chi connectivity index (χ4v) is 3.42. The van der Waals surface area contributed by atoms with Crippen molar-refractivity contribution in [2.24, 2.45) is 5.41 Å². The zero-order valence-corrected chi connectivity index (χ0v) is 12.4. The highest BCUT2D eigenvalue weighted by molar-refractivity contribution is 9.09. The molecule has 3 nitrogen and oxygen atoms in total. The Morgan fingerprint density at radius 1 is 1.50 bits per heavy atom. The molecule has 100 valence electrons. The van der Waals surface area contributed by atoms with Crippen LogP contribution in [0.1, 0.15) is 48.7 Å². The highest BCUT2D eigenvalue weighted by atomic mass is 79.9. The Kier molecular flexibility index (Phi) is 4.49. The van der Waals surface area contributed by atoms with Crippen molar-refractivity contribution in [1.82, 2.24) is 5.32 Å². The molecule has 1 aromatic rings. The van der Waals surface area contributed by atoms with Crippen molar-refractivity contribution in [3.63, 3.8) is 0 Å². The quantitative estimate of drug-likeness (QED) is 0.845. The molecule has 0 radical (unpaired) electrons. The molecule has 1 N–H and O–H groups in total. The molecule has 1 aliphatic carbocycles. The molecule has 0 bridgehead atoms. The molecular formula is C14H20BrNO2. The summed E-state index contributed by atoms with van der Waals surface area (Å²) in [6.07, 6.45) is 7.28. The van der Waals surface area contributed by atoms with Crippen LogP contribution >= 0.6 is 15.9 Å². The lowest BCUT2D eigenvalue weighted by Gasteiger charge is -2.26. The van der Waals surface area contributed by atoms with E-state index in [1.165, 1.54) is 25.7 Å². The Morgan fingerprint density at radius 2 is 2.22 bits per heavy atom. The predicted molar refractivity (Wildman–Crippen MR) is 75.1 cm³/mol. The Morgan fingerprint density at radius 3 is 2.83 bits per heavy atom. The van der Waals surface area contributed by atoms with E-state index in [-0.39, 0.29) is 11.3 Å². The van der Waals surface area contributed by atoms with Gasteiger partial charge in [0.2, 0.25) is 0 Å². The fraction of sp³-hybridized carbons (Fsp3) is 0.643. The smallest absolute Gasteiger partial charge is 0.254 e. The van der Waals surface area contributed by atoms with Gasteiger partial charge in [-0.05, 0) is 24.3 Å². The number of alkyl halides is 1. The minimum atomic E-state index is -0.00664. The van der Waals surface area contributed by atoms with Crippen LogP contribution in [0.15, 0.2) is 16.7 Å². The molecule has 18 heavy (non-hydrogen) atoms. The molecule has 0 aromatic carbocycles. The second kappa shape index (κ2) is 5.91. The molecular weight excluding hydrogens is 294 g/mol. The molecule has 2 rings (SSSR count). The zero-order chi connectivity index (χ0) is 13.0. The number of rotatable bonds is 5. The summed E-state index contributed by atoms with van der Waals surface area (Å²) in [5.74, 6) is 0.764. The van der Waals surface area contributed by atoms with E-state index in [1.807, 2.05) is 6.92 Å². The first-order chi connectivity index (χ1) is 8.71. The van der Waals surface area contributed by atoms with Crippen LogP contribution in [0.4, 0.5) is 0 Å². The van der Waals surface area contributed by atoms with Crippen molar-refractivity contribution < 1.29 is 9.21 Å². The first-order valence-electron chi connectivity index (χ1n) is 6.61. The lowest BCUT2D eigenvalue weighted by Crippen LogP contribution is -2.37. The maximum Gasteiger partial charge on any atom is 0.254 e. The number of amides is 1. The van der Waals surface area contributed by atoms with E-state index in [9.17, 15) is 4.79 Å². The Balaban J connectivity index is 1.96. The van der Waals surface area contributed by atoms with Gasteiger partial charge in [-0.15, -0.1) is 0 Å². The summed E-state index contributed by atoms with van der Waals surface area (Å²) < 4.78 is 5.29. The van der Waals surface area contributed by atoms with E-state index < -0.39 is 0 Å². The van der Waals surface area contributed by atoms with Gasteiger partial charge >= 0.3 is 0 Å². The molecule has 1 heterocycles. The van der Waals surface area contributed by atoms with Crippen LogP contribution in [0.3, 0.4) is 0 Å². The summed E-state index contributed by atoms with van der Waals surface area (Å²) >= 11 is 3.59. The van der Waals surface area contributed by atoms with E-state index in [1.54, 1.807) is 12.3 Å². The first-order valence-corrected chi connectivity index (χ1v) is 7.73. The second-order valence-corrected chi connectivity index (χ2v) is 5.70. The number of carbonyl (C=O) groups is 1. The Bertz CT molecular complexity index is 408. The lowest BCUT2D eigenvalue weighted by atomic mass is 9.89. The van der Waals surface area contributed by atoms with Gasteiger partial charge in [0.15, 0.2) is 0 Å². The van der Waals surface area contributed by atoms with Crippen LogP contribution in [-0.4, -0.2) is 17.8 Å². The minimum absolute atomic E-state index is 0.00664. The number of nitrogens with one attached hydrogen (secondary N) is 1. The van der Waals surface area contributed by atoms with Crippen molar-refractivity contribution in [2.45, 2.75) is 39.0 Å². The summed E-state index contributed by atoms with van der Waals surface area (Å²) in [7, 11) is 0. The van der Waals surface area contributed by atoms with E-state index in [0.29, 0.717) is 5.56 Å². The van der Waals surface area contributed by atoms with Crippen molar-refractivity contribution in [3.8, 4) is 0 Å².